The molecule has 0 radical (unpaired) electrons. The molecule has 0 saturated heterocycles. The standard InChI is InChI=1S/C23H16F3N5O2/c1-2-19(32)28-17-4-3-5-18(12-17)31-20(33)11-6-14-13-27-22(30-21(14)31)29-16-9-7-15(8-10-16)23(24,25)26/h2-13H,1H2,(H,28,32)(H,27,29,30). The Bertz CT molecular complexity index is 1410. The van der Waals surface area contributed by atoms with E-state index in [4.69, 9.17) is 0 Å². The van der Waals surface area contributed by atoms with E-state index in [2.05, 4.69) is 27.2 Å². The number of halogens is 3. The molecule has 1 amide bonds. The summed E-state index contributed by atoms with van der Waals surface area (Å²) >= 11 is 0. The molecule has 0 aliphatic heterocycles. The van der Waals surface area contributed by atoms with E-state index in [0.29, 0.717) is 22.4 Å². The van der Waals surface area contributed by atoms with Gasteiger partial charge in [0.2, 0.25) is 11.9 Å². The highest BCUT2D eigenvalue weighted by molar-refractivity contribution is 5.99. The molecule has 4 aromatic rings. The Balaban J connectivity index is 1.73. The second-order valence-electron chi connectivity index (χ2n) is 6.92. The lowest BCUT2D eigenvalue weighted by Gasteiger charge is -2.12. The van der Waals surface area contributed by atoms with Crippen molar-refractivity contribution in [2.45, 2.75) is 6.18 Å². The molecule has 0 unspecified atom stereocenters. The van der Waals surface area contributed by atoms with Crippen molar-refractivity contribution in [3.63, 3.8) is 0 Å². The first kappa shape index (κ1) is 21.8. The van der Waals surface area contributed by atoms with Crippen LogP contribution < -0.4 is 16.2 Å². The van der Waals surface area contributed by atoms with E-state index >= 15 is 0 Å². The number of hydrogen-bond acceptors (Lipinski definition) is 5. The number of nitrogens with zero attached hydrogens (tertiary/aromatic N) is 3. The highest BCUT2D eigenvalue weighted by Gasteiger charge is 2.29. The number of aromatic nitrogens is 3. The Morgan fingerprint density at radius 1 is 1.03 bits per heavy atom. The van der Waals surface area contributed by atoms with Crippen LogP contribution >= 0.6 is 0 Å². The fourth-order valence-electron chi connectivity index (χ4n) is 3.12. The molecule has 33 heavy (non-hydrogen) atoms. The zero-order valence-corrected chi connectivity index (χ0v) is 16.9. The zero-order chi connectivity index (χ0) is 23.6. The van der Waals surface area contributed by atoms with Crippen molar-refractivity contribution in [2.24, 2.45) is 0 Å². The van der Waals surface area contributed by atoms with Gasteiger partial charge in [-0.05, 0) is 54.6 Å². The van der Waals surface area contributed by atoms with Crippen molar-refractivity contribution in [1.82, 2.24) is 14.5 Å². The van der Waals surface area contributed by atoms with Gasteiger partial charge < -0.3 is 10.6 Å². The molecule has 10 heteroatoms. The quantitative estimate of drug-likeness (QED) is 0.431. The van der Waals surface area contributed by atoms with Crippen molar-refractivity contribution in [3.8, 4) is 5.69 Å². The lowest BCUT2D eigenvalue weighted by atomic mass is 10.2. The van der Waals surface area contributed by atoms with E-state index in [1.807, 2.05) is 0 Å². The van der Waals surface area contributed by atoms with Crippen molar-refractivity contribution in [1.29, 1.82) is 0 Å². The normalized spacial score (nSPS) is 11.2. The van der Waals surface area contributed by atoms with E-state index in [9.17, 15) is 22.8 Å². The van der Waals surface area contributed by atoms with Crippen LogP contribution in [0.3, 0.4) is 0 Å². The van der Waals surface area contributed by atoms with Gasteiger partial charge in [-0.3, -0.25) is 14.2 Å². The highest BCUT2D eigenvalue weighted by Crippen LogP contribution is 2.30. The first-order valence-corrected chi connectivity index (χ1v) is 9.61. The Morgan fingerprint density at radius 3 is 2.48 bits per heavy atom. The van der Waals surface area contributed by atoms with E-state index in [1.165, 1.54) is 29.0 Å². The smallest absolute Gasteiger partial charge is 0.324 e. The van der Waals surface area contributed by atoms with Crippen LogP contribution in [0.15, 0.2) is 84.3 Å². The first-order chi connectivity index (χ1) is 15.7. The molecule has 0 aliphatic carbocycles. The Morgan fingerprint density at radius 2 is 1.79 bits per heavy atom. The number of rotatable bonds is 5. The molecule has 2 heterocycles. The third-order valence-corrected chi connectivity index (χ3v) is 4.66. The molecule has 4 rings (SSSR count). The van der Waals surface area contributed by atoms with Crippen LogP contribution in [0.25, 0.3) is 16.7 Å². The molecule has 166 valence electrons. The van der Waals surface area contributed by atoms with Gasteiger partial charge in [-0.2, -0.15) is 18.2 Å². The molecule has 2 aromatic carbocycles. The van der Waals surface area contributed by atoms with E-state index in [1.54, 1.807) is 30.3 Å². The fourth-order valence-corrected chi connectivity index (χ4v) is 3.12. The van der Waals surface area contributed by atoms with Crippen LogP contribution in [0.5, 0.6) is 0 Å². The Hall–Kier alpha value is -4.47. The van der Waals surface area contributed by atoms with Crippen LogP contribution in [0.2, 0.25) is 0 Å². The summed E-state index contributed by atoms with van der Waals surface area (Å²) < 4.78 is 39.7. The summed E-state index contributed by atoms with van der Waals surface area (Å²) in [4.78, 5) is 32.9. The fraction of sp³-hybridized carbons (Fsp3) is 0.0435. The summed E-state index contributed by atoms with van der Waals surface area (Å²) in [6.07, 6.45) is -1.81. The van der Waals surface area contributed by atoms with Gasteiger partial charge in [0.05, 0.1) is 11.3 Å². The van der Waals surface area contributed by atoms with Gasteiger partial charge in [0.25, 0.3) is 5.56 Å². The van der Waals surface area contributed by atoms with Crippen LogP contribution in [-0.4, -0.2) is 20.4 Å². The minimum absolute atomic E-state index is 0.0951. The highest BCUT2D eigenvalue weighted by atomic mass is 19.4. The summed E-state index contributed by atoms with van der Waals surface area (Å²) in [6, 6.07) is 14.0. The number of nitrogens with one attached hydrogen (secondary N) is 2. The molecule has 0 atom stereocenters. The van der Waals surface area contributed by atoms with Gasteiger partial charge in [0.15, 0.2) is 5.65 Å². The third-order valence-electron chi connectivity index (χ3n) is 4.66. The SMILES string of the molecule is C=CC(=O)Nc1cccc(-n2c(=O)ccc3cnc(Nc4ccc(C(F)(F)F)cc4)nc32)c1. The number of carbonyl (C=O) groups excluding carboxylic acids is 1. The molecule has 2 N–H and O–H groups in total. The Kier molecular flexibility index (Phi) is 5.65. The van der Waals surface area contributed by atoms with Gasteiger partial charge in [-0.25, -0.2) is 4.98 Å². The monoisotopic (exact) mass is 451 g/mol. The van der Waals surface area contributed by atoms with E-state index in [-0.39, 0.29) is 17.2 Å². The summed E-state index contributed by atoms with van der Waals surface area (Å²) in [7, 11) is 0. The number of hydrogen-bond donors (Lipinski definition) is 2. The van der Waals surface area contributed by atoms with Crippen LogP contribution in [0.4, 0.5) is 30.5 Å². The van der Waals surface area contributed by atoms with Gasteiger partial charge in [0, 0.05) is 29.0 Å². The van der Waals surface area contributed by atoms with Crippen LogP contribution in [0.1, 0.15) is 5.56 Å². The lowest BCUT2D eigenvalue weighted by molar-refractivity contribution is -0.137. The zero-order valence-electron chi connectivity index (χ0n) is 16.9. The number of benzene rings is 2. The van der Waals surface area contributed by atoms with Crippen LogP contribution in [-0.2, 0) is 11.0 Å². The molecule has 0 aliphatic rings. The maximum absolute atomic E-state index is 12.8. The maximum atomic E-state index is 12.8. The summed E-state index contributed by atoms with van der Waals surface area (Å²) in [5, 5.41) is 6.04. The average Bonchev–Trinajstić information content (AvgIpc) is 2.79. The topological polar surface area (TPSA) is 88.9 Å². The second kappa shape index (κ2) is 8.58. The molecule has 0 saturated carbocycles. The second-order valence-corrected chi connectivity index (χ2v) is 6.92. The van der Waals surface area contributed by atoms with Gasteiger partial charge in [0.1, 0.15) is 0 Å². The average molecular weight is 451 g/mol. The van der Waals surface area contributed by atoms with Crippen molar-refractivity contribution in [3.05, 3.63) is 95.4 Å². The predicted octanol–water partition coefficient (Wildman–Crippen LogP) is 4.67. The number of pyridine rings is 1. The van der Waals surface area contributed by atoms with Gasteiger partial charge in [-0.1, -0.05) is 12.6 Å². The first-order valence-electron chi connectivity index (χ1n) is 9.61. The lowest BCUT2D eigenvalue weighted by Crippen LogP contribution is -2.19. The summed E-state index contributed by atoms with van der Waals surface area (Å²) in [5.74, 6) is -0.305. The number of amides is 1. The molecule has 0 fully saturated rings. The van der Waals surface area contributed by atoms with Gasteiger partial charge >= 0.3 is 6.18 Å². The molecular formula is C23H16F3N5O2. The summed E-state index contributed by atoms with van der Waals surface area (Å²) in [6.45, 7) is 3.41. The maximum Gasteiger partial charge on any atom is 0.416 e. The number of anilines is 3. The molecular weight excluding hydrogens is 435 g/mol. The van der Waals surface area contributed by atoms with Gasteiger partial charge in [-0.15, -0.1) is 0 Å². The van der Waals surface area contributed by atoms with E-state index in [0.717, 1.165) is 18.2 Å². The minimum atomic E-state index is -4.44. The summed E-state index contributed by atoms with van der Waals surface area (Å²) in [5.41, 5.74) is 0.393. The Labute approximate surface area is 185 Å². The predicted molar refractivity (Wildman–Crippen MR) is 119 cm³/mol. The molecule has 2 aromatic heterocycles. The minimum Gasteiger partial charge on any atom is -0.324 e. The van der Waals surface area contributed by atoms with E-state index < -0.39 is 17.6 Å². The van der Waals surface area contributed by atoms with Crippen LogP contribution in [0, 0.1) is 0 Å². The van der Waals surface area contributed by atoms with Crippen molar-refractivity contribution in [2.75, 3.05) is 10.6 Å². The molecule has 0 bridgehead atoms. The molecule has 7 nitrogen and oxygen atoms in total. The number of alkyl halides is 3. The largest absolute Gasteiger partial charge is 0.416 e. The number of carbonyl (C=O) groups is 1. The van der Waals surface area contributed by atoms with Crippen molar-refractivity contribution < 1.29 is 18.0 Å². The molecule has 0 spiro atoms. The van der Waals surface area contributed by atoms with Crippen molar-refractivity contribution >= 4 is 34.3 Å². The number of fused-ring (bicyclic) bond motifs is 1. The third kappa shape index (κ3) is 4.74.